The van der Waals surface area contributed by atoms with E-state index in [2.05, 4.69) is 24.3 Å². The monoisotopic (exact) mass is 616 g/mol. The van der Waals surface area contributed by atoms with Crippen LogP contribution in [0.5, 0.6) is 0 Å². The molecule has 1 saturated carbocycles. The van der Waals surface area contributed by atoms with Gasteiger partial charge in [-0.25, -0.2) is 0 Å². The van der Waals surface area contributed by atoms with Crippen LogP contribution in [-0.2, 0) is 54.0 Å². The first-order valence-corrected chi connectivity index (χ1v) is 15.0. The van der Waals surface area contributed by atoms with Gasteiger partial charge in [-0.2, -0.15) is 0 Å². The molecule has 0 bridgehead atoms. The summed E-state index contributed by atoms with van der Waals surface area (Å²) in [6.07, 6.45) is -1.40. The fourth-order valence-electron chi connectivity index (χ4n) is 6.29. The van der Waals surface area contributed by atoms with Gasteiger partial charge in [0.15, 0.2) is 18.3 Å². The van der Waals surface area contributed by atoms with Crippen molar-refractivity contribution in [3.05, 3.63) is 57.3 Å². The third-order valence-electron chi connectivity index (χ3n) is 8.20. The van der Waals surface area contributed by atoms with Crippen LogP contribution in [0.15, 0.2) is 46.2 Å². The van der Waals surface area contributed by atoms with Gasteiger partial charge in [0.2, 0.25) is 0 Å². The third-order valence-corrected chi connectivity index (χ3v) is 8.64. The summed E-state index contributed by atoms with van der Waals surface area (Å²) < 4.78 is 34.8. The Hall–Kier alpha value is -3.37. The highest BCUT2D eigenvalue weighted by atomic mass is 35.5. The average Bonchev–Trinajstić information content (AvgIpc) is 3.67. The summed E-state index contributed by atoms with van der Waals surface area (Å²) in [5.74, 6) is -1.69. The van der Waals surface area contributed by atoms with E-state index >= 15 is 0 Å². The normalized spacial score (nSPS) is 28.5. The average molecular weight is 617 g/mol. The van der Waals surface area contributed by atoms with Crippen molar-refractivity contribution in [2.45, 2.75) is 96.2 Å². The minimum Gasteiger partial charge on any atom is -0.492 e. The van der Waals surface area contributed by atoms with Gasteiger partial charge in [-0.05, 0) is 53.9 Å². The third kappa shape index (κ3) is 7.24. The summed E-state index contributed by atoms with van der Waals surface area (Å²) in [5, 5.41) is 0.556. The molecule has 10 nitrogen and oxygen atoms in total. The van der Waals surface area contributed by atoms with Crippen LogP contribution >= 0.6 is 11.6 Å². The summed E-state index contributed by atoms with van der Waals surface area (Å²) in [6, 6.07) is 8.57. The van der Waals surface area contributed by atoms with Crippen LogP contribution in [-0.4, -0.2) is 67.6 Å². The second kappa shape index (κ2) is 13.1. The van der Waals surface area contributed by atoms with Gasteiger partial charge in [-0.3, -0.25) is 19.2 Å². The molecule has 1 aromatic carbocycles. The van der Waals surface area contributed by atoms with Gasteiger partial charge in [0.25, 0.3) is 0 Å². The molecule has 1 saturated heterocycles. The molecular weight excluding hydrogens is 580 g/mol. The Morgan fingerprint density at radius 2 is 1.49 bits per heavy atom. The second-order valence-corrected chi connectivity index (χ2v) is 11.9. The molecule has 4 aliphatic rings. The molecule has 1 aromatic rings. The van der Waals surface area contributed by atoms with Gasteiger partial charge in [0.05, 0.1) is 11.6 Å². The van der Waals surface area contributed by atoms with Crippen LogP contribution in [0.3, 0.4) is 0 Å². The Kier molecular flexibility index (Phi) is 9.46. The number of esters is 4. The maximum absolute atomic E-state index is 12.4. The number of rotatable bonds is 9. The summed E-state index contributed by atoms with van der Waals surface area (Å²) in [7, 11) is 0. The first-order valence-electron chi connectivity index (χ1n) is 14.6. The Balaban J connectivity index is 1.51. The zero-order valence-corrected chi connectivity index (χ0v) is 25.5. The van der Waals surface area contributed by atoms with Crippen LogP contribution in [0.2, 0.25) is 0 Å². The summed E-state index contributed by atoms with van der Waals surface area (Å²) in [4.78, 5) is 48.6. The predicted molar refractivity (Wildman–Crippen MR) is 153 cm³/mol. The molecule has 0 radical (unpaired) electrons. The van der Waals surface area contributed by atoms with Crippen molar-refractivity contribution in [2.75, 3.05) is 13.2 Å². The molecule has 2 aliphatic heterocycles. The number of hydrogen-bond acceptors (Lipinski definition) is 10. The molecule has 2 heterocycles. The second-order valence-electron chi connectivity index (χ2n) is 11.5. The van der Waals surface area contributed by atoms with Crippen LogP contribution < -0.4 is 0 Å². The smallest absolute Gasteiger partial charge is 0.303 e. The van der Waals surface area contributed by atoms with Crippen LogP contribution in [0.4, 0.5) is 0 Å². The van der Waals surface area contributed by atoms with Gasteiger partial charge in [-0.15, -0.1) is 0 Å². The van der Waals surface area contributed by atoms with E-state index in [4.69, 9.17) is 40.0 Å². The van der Waals surface area contributed by atoms with E-state index in [9.17, 15) is 19.2 Å². The topological polar surface area (TPSA) is 124 Å². The quantitative estimate of drug-likeness (QED) is 0.291. The van der Waals surface area contributed by atoms with Crippen molar-refractivity contribution in [1.82, 2.24) is 0 Å². The maximum Gasteiger partial charge on any atom is 0.303 e. The molecule has 1 unspecified atom stereocenters. The highest BCUT2D eigenvalue weighted by Crippen LogP contribution is 2.48. The van der Waals surface area contributed by atoms with Crippen LogP contribution in [0.1, 0.15) is 70.4 Å². The summed E-state index contributed by atoms with van der Waals surface area (Å²) >= 11 is 6.93. The number of ether oxygens (including phenoxy) is 6. The molecule has 6 atom stereocenters. The van der Waals surface area contributed by atoms with E-state index in [1.165, 1.54) is 46.1 Å². The lowest BCUT2D eigenvalue weighted by molar-refractivity contribution is -0.258. The fraction of sp³-hybridized carbons (Fsp3) is 0.562. The lowest BCUT2D eigenvalue weighted by Gasteiger charge is -2.47. The van der Waals surface area contributed by atoms with E-state index in [1.807, 2.05) is 0 Å². The van der Waals surface area contributed by atoms with E-state index < -0.39 is 54.4 Å². The molecule has 232 valence electrons. The summed E-state index contributed by atoms with van der Waals surface area (Å²) in [6.45, 7) is 5.04. The van der Waals surface area contributed by atoms with Gasteiger partial charge in [-0.1, -0.05) is 35.9 Å². The first-order chi connectivity index (χ1) is 20.5. The van der Waals surface area contributed by atoms with Gasteiger partial charge >= 0.3 is 23.9 Å². The maximum atomic E-state index is 12.4. The first kappa shape index (κ1) is 31.1. The van der Waals surface area contributed by atoms with Crippen LogP contribution in [0, 0.1) is 5.92 Å². The van der Waals surface area contributed by atoms with E-state index in [1.54, 1.807) is 0 Å². The van der Waals surface area contributed by atoms with Crippen LogP contribution in [0.25, 0.3) is 0 Å². The SMILES string of the molecule is CC(=O)OC[C@H]1O[C@@H](C2CC(Cc3ccc(C4CC4)cc3)=C(Cl)C3=C2CCO3)[C@H](OC(C)=O)[C@@H](OC(C)=O)[C@@H]1OC(C)=O. The molecule has 5 rings (SSSR count). The number of carbonyl (C=O) groups is 4. The molecule has 43 heavy (non-hydrogen) atoms. The molecule has 0 spiro atoms. The zero-order chi connectivity index (χ0) is 30.8. The lowest BCUT2D eigenvalue weighted by Crippen LogP contribution is -2.64. The Morgan fingerprint density at radius 1 is 0.860 bits per heavy atom. The number of hydrogen-bond donors (Lipinski definition) is 0. The number of halogens is 1. The van der Waals surface area contributed by atoms with Gasteiger partial charge < -0.3 is 28.4 Å². The lowest BCUT2D eigenvalue weighted by atomic mass is 9.76. The number of benzene rings is 1. The van der Waals surface area contributed by atoms with Crippen molar-refractivity contribution >= 4 is 35.5 Å². The van der Waals surface area contributed by atoms with Crippen molar-refractivity contribution in [2.24, 2.45) is 5.92 Å². The predicted octanol–water partition coefficient (Wildman–Crippen LogP) is 4.42. The Morgan fingerprint density at radius 3 is 2.09 bits per heavy atom. The Bertz CT molecular complexity index is 1330. The molecule has 0 amide bonds. The standard InChI is InChI=1S/C32H37ClO10/c1-16(34)39-15-26-30(40-17(2)35)32(42-19(4)37)31(41-18(3)36)29(43-26)25-14-23(27(33)28-24(25)11-12-38-28)13-20-5-7-21(8-6-20)22-9-10-22/h5-8,22,25-26,29-32H,9-15H2,1-4H3/t25?,26-,29+,30-,31+,32+/m1/s1. The molecule has 2 aliphatic carbocycles. The Labute approximate surface area is 255 Å². The molecule has 0 N–H and O–H groups in total. The fourth-order valence-corrected chi connectivity index (χ4v) is 6.61. The van der Waals surface area contributed by atoms with Crippen molar-refractivity contribution in [3.63, 3.8) is 0 Å². The largest absolute Gasteiger partial charge is 0.492 e. The van der Waals surface area contributed by atoms with Gasteiger partial charge in [0, 0.05) is 40.0 Å². The van der Waals surface area contributed by atoms with Crippen molar-refractivity contribution < 1.29 is 47.6 Å². The molecule has 0 aromatic heterocycles. The zero-order valence-electron chi connectivity index (χ0n) is 24.8. The highest BCUT2D eigenvalue weighted by molar-refractivity contribution is 6.32. The van der Waals surface area contributed by atoms with E-state index in [0.717, 1.165) is 16.7 Å². The number of carbonyl (C=O) groups excluding carboxylic acids is 4. The van der Waals surface area contributed by atoms with Crippen molar-refractivity contribution in [1.29, 1.82) is 0 Å². The molecular formula is C32H37ClO10. The molecule has 11 heteroatoms. The highest BCUT2D eigenvalue weighted by Gasteiger charge is 2.55. The van der Waals surface area contributed by atoms with Crippen molar-refractivity contribution in [3.8, 4) is 0 Å². The van der Waals surface area contributed by atoms with E-state index in [0.29, 0.717) is 42.6 Å². The molecule has 2 fully saturated rings. The minimum atomic E-state index is -1.23. The number of allylic oxidation sites excluding steroid dienone is 2. The van der Waals surface area contributed by atoms with E-state index in [-0.39, 0.29) is 12.5 Å². The van der Waals surface area contributed by atoms with Gasteiger partial charge in [0.1, 0.15) is 24.6 Å². The minimum absolute atomic E-state index is 0.278. The summed E-state index contributed by atoms with van der Waals surface area (Å²) in [5.41, 5.74) is 4.27.